The maximum atomic E-state index is 6.00. The highest BCUT2D eigenvalue weighted by Gasteiger charge is 2.19. The highest BCUT2D eigenvalue weighted by Crippen LogP contribution is 2.25. The normalized spacial score (nSPS) is 21.6. The molecular weight excluding hydrogens is 252 g/mol. The molecule has 1 saturated heterocycles. The van der Waals surface area contributed by atoms with E-state index in [2.05, 4.69) is 43.2 Å². The van der Waals surface area contributed by atoms with E-state index in [4.69, 9.17) is 9.47 Å². The Bertz CT molecular complexity index is 411. The average molecular weight is 278 g/mol. The summed E-state index contributed by atoms with van der Waals surface area (Å²) in [5, 5.41) is 3.43. The van der Waals surface area contributed by atoms with Gasteiger partial charge >= 0.3 is 0 Å². The van der Waals surface area contributed by atoms with Gasteiger partial charge in [0.05, 0.1) is 6.61 Å². The van der Waals surface area contributed by atoms with E-state index in [-0.39, 0.29) is 6.10 Å². The van der Waals surface area contributed by atoms with Crippen molar-refractivity contribution in [2.75, 3.05) is 39.9 Å². The molecule has 4 nitrogen and oxygen atoms in total. The molecule has 0 spiro atoms. The Hall–Kier alpha value is -1.10. The second-order valence-electron chi connectivity index (χ2n) is 5.38. The van der Waals surface area contributed by atoms with Gasteiger partial charge in [0, 0.05) is 24.7 Å². The molecule has 1 aromatic rings. The molecular formula is C16H26N2O2. The van der Waals surface area contributed by atoms with E-state index in [0.29, 0.717) is 12.6 Å². The molecule has 0 radical (unpaired) electrons. The van der Waals surface area contributed by atoms with E-state index in [1.165, 1.54) is 5.56 Å². The molecule has 2 atom stereocenters. The summed E-state index contributed by atoms with van der Waals surface area (Å²) >= 11 is 0. The van der Waals surface area contributed by atoms with Gasteiger partial charge in [-0.2, -0.15) is 0 Å². The van der Waals surface area contributed by atoms with Crippen LogP contribution in [0.2, 0.25) is 0 Å². The number of nitrogens with zero attached hydrogens (tertiary/aromatic N) is 1. The summed E-state index contributed by atoms with van der Waals surface area (Å²) in [6.45, 7) is 8.57. The van der Waals surface area contributed by atoms with Crippen molar-refractivity contribution in [1.82, 2.24) is 10.2 Å². The Morgan fingerprint density at radius 3 is 3.00 bits per heavy atom. The van der Waals surface area contributed by atoms with Crippen molar-refractivity contribution in [1.29, 1.82) is 0 Å². The molecule has 1 aliphatic heterocycles. The lowest BCUT2D eigenvalue weighted by molar-refractivity contribution is -0.0405. The zero-order chi connectivity index (χ0) is 14.4. The molecule has 112 valence electrons. The monoisotopic (exact) mass is 278 g/mol. The summed E-state index contributed by atoms with van der Waals surface area (Å²) < 4.78 is 11.7. The van der Waals surface area contributed by atoms with Gasteiger partial charge < -0.3 is 19.7 Å². The zero-order valence-corrected chi connectivity index (χ0v) is 12.8. The molecule has 20 heavy (non-hydrogen) atoms. The molecule has 1 heterocycles. The number of likely N-dealkylation sites (N-methyl/N-ethyl adjacent to an activating group) is 1. The van der Waals surface area contributed by atoms with E-state index in [1.807, 2.05) is 12.1 Å². The Kier molecular flexibility index (Phi) is 5.83. The quantitative estimate of drug-likeness (QED) is 0.863. The summed E-state index contributed by atoms with van der Waals surface area (Å²) in [5.74, 6) is 0.956. The predicted molar refractivity (Wildman–Crippen MR) is 81.3 cm³/mol. The third-order valence-electron chi connectivity index (χ3n) is 3.66. The number of hydrogen-bond acceptors (Lipinski definition) is 4. The Morgan fingerprint density at radius 2 is 2.25 bits per heavy atom. The van der Waals surface area contributed by atoms with Crippen LogP contribution in [0, 0.1) is 0 Å². The van der Waals surface area contributed by atoms with Crippen LogP contribution < -0.4 is 10.1 Å². The van der Waals surface area contributed by atoms with Crippen LogP contribution in [0.3, 0.4) is 0 Å². The van der Waals surface area contributed by atoms with Gasteiger partial charge in [0.25, 0.3) is 0 Å². The lowest BCUT2D eigenvalue weighted by atomic mass is 10.1. The van der Waals surface area contributed by atoms with E-state index in [0.717, 1.165) is 32.0 Å². The first-order valence-corrected chi connectivity index (χ1v) is 7.46. The van der Waals surface area contributed by atoms with Crippen molar-refractivity contribution in [3.05, 3.63) is 29.8 Å². The number of hydrogen-bond donors (Lipinski definition) is 1. The van der Waals surface area contributed by atoms with Gasteiger partial charge in [0.15, 0.2) is 0 Å². The minimum atomic E-state index is 0.163. The van der Waals surface area contributed by atoms with Crippen molar-refractivity contribution < 1.29 is 9.47 Å². The third kappa shape index (κ3) is 4.20. The molecule has 2 rings (SSSR count). The first-order valence-electron chi connectivity index (χ1n) is 7.46. The second kappa shape index (κ2) is 7.62. The first-order chi connectivity index (χ1) is 9.70. The maximum Gasteiger partial charge on any atom is 0.124 e. The number of nitrogens with one attached hydrogen (secondary N) is 1. The van der Waals surface area contributed by atoms with Crippen molar-refractivity contribution >= 4 is 0 Å². The SMILES string of the molecule is CCNC(C)c1ccccc1OCC1CN(C)CCO1. The molecule has 1 aliphatic rings. The second-order valence-corrected chi connectivity index (χ2v) is 5.38. The third-order valence-corrected chi connectivity index (χ3v) is 3.66. The number of para-hydroxylation sites is 1. The van der Waals surface area contributed by atoms with E-state index in [1.54, 1.807) is 0 Å². The van der Waals surface area contributed by atoms with Gasteiger partial charge in [-0.05, 0) is 26.6 Å². The standard InChI is InChI=1S/C16H26N2O2/c1-4-17-13(2)15-7-5-6-8-16(15)20-12-14-11-18(3)9-10-19-14/h5-8,13-14,17H,4,9-12H2,1-3H3. The minimum Gasteiger partial charge on any atom is -0.490 e. The van der Waals surface area contributed by atoms with Crippen LogP contribution in [0.5, 0.6) is 5.75 Å². The zero-order valence-electron chi connectivity index (χ0n) is 12.8. The largest absolute Gasteiger partial charge is 0.490 e. The summed E-state index contributed by atoms with van der Waals surface area (Å²) in [5.41, 5.74) is 1.21. The number of morpholine rings is 1. The van der Waals surface area contributed by atoms with Crippen molar-refractivity contribution in [2.45, 2.75) is 26.0 Å². The number of benzene rings is 1. The Balaban J connectivity index is 1.95. The van der Waals surface area contributed by atoms with E-state index < -0.39 is 0 Å². The predicted octanol–water partition coefficient (Wildman–Crippen LogP) is 2.07. The van der Waals surface area contributed by atoms with Gasteiger partial charge in [-0.15, -0.1) is 0 Å². The highest BCUT2D eigenvalue weighted by molar-refractivity contribution is 5.35. The van der Waals surface area contributed by atoms with E-state index in [9.17, 15) is 0 Å². The fraction of sp³-hybridized carbons (Fsp3) is 0.625. The lowest BCUT2D eigenvalue weighted by Crippen LogP contribution is -2.42. The molecule has 1 N–H and O–H groups in total. The molecule has 4 heteroatoms. The summed E-state index contributed by atoms with van der Waals surface area (Å²) in [6.07, 6.45) is 0.163. The van der Waals surface area contributed by atoms with Crippen LogP contribution in [0.4, 0.5) is 0 Å². The number of ether oxygens (including phenoxy) is 2. The lowest BCUT2D eigenvalue weighted by Gasteiger charge is -2.30. The van der Waals surface area contributed by atoms with Crippen LogP contribution in [-0.2, 0) is 4.74 Å². The van der Waals surface area contributed by atoms with Crippen LogP contribution in [0.1, 0.15) is 25.5 Å². The molecule has 0 saturated carbocycles. The number of rotatable bonds is 6. The molecule has 0 bridgehead atoms. The summed E-state index contributed by atoms with van der Waals surface area (Å²) in [7, 11) is 2.12. The van der Waals surface area contributed by atoms with E-state index >= 15 is 0 Å². The minimum absolute atomic E-state index is 0.163. The smallest absolute Gasteiger partial charge is 0.124 e. The highest BCUT2D eigenvalue weighted by atomic mass is 16.5. The van der Waals surface area contributed by atoms with Crippen molar-refractivity contribution in [2.24, 2.45) is 0 Å². The van der Waals surface area contributed by atoms with Gasteiger partial charge in [0.2, 0.25) is 0 Å². The molecule has 0 amide bonds. The Labute approximate surface area is 122 Å². The summed E-state index contributed by atoms with van der Waals surface area (Å²) in [4.78, 5) is 2.28. The molecule has 0 aromatic heterocycles. The first kappa shape index (κ1) is 15.3. The molecule has 1 aromatic carbocycles. The fourth-order valence-electron chi connectivity index (χ4n) is 2.54. The van der Waals surface area contributed by atoms with Gasteiger partial charge in [-0.25, -0.2) is 0 Å². The van der Waals surface area contributed by atoms with Crippen LogP contribution >= 0.6 is 0 Å². The van der Waals surface area contributed by atoms with Crippen LogP contribution in [0.15, 0.2) is 24.3 Å². The fourth-order valence-corrected chi connectivity index (χ4v) is 2.54. The van der Waals surface area contributed by atoms with Gasteiger partial charge in [-0.1, -0.05) is 25.1 Å². The molecule has 1 fully saturated rings. The van der Waals surface area contributed by atoms with Gasteiger partial charge in [-0.3, -0.25) is 0 Å². The van der Waals surface area contributed by atoms with Gasteiger partial charge in [0.1, 0.15) is 18.5 Å². The van der Waals surface area contributed by atoms with Crippen LogP contribution in [-0.4, -0.2) is 50.9 Å². The van der Waals surface area contributed by atoms with Crippen LogP contribution in [0.25, 0.3) is 0 Å². The molecule has 0 aliphatic carbocycles. The van der Waals surface area contributed by atoms with Crippen molar-refractivity contribution in [3.8, 4) is 5.75 Å². The summed E-state index contributed by atoms with van der Waals surface area (Å²) in [6, 6.07) is 8.53. The average Bonchev–Trinajstić information content (AvgIpc) is 2.46. The van der Waals surface area contributed by atoms with Crippen molar-refractivity contribution in [3.63, 3.8) is 0 Å². The topological polar surface area (TPSA) is 33.7 Å². The molecule has 2 unspecified atom stereocenters. The maximum absolute atomic E-state index is 6.00. The Morgan fingerprint density at radius 1 is 1.45 bits per heavy atom.